The molecule has 1 fully saturated rings. The first-order valence-electron chi connectivity index (χ1n) is 9.22. The van der Waals surface area contributed by atoms with Crippen LogP contribution in [0, 0.1) is 5.41 Å². The van der Waals surface area contributed by atoms with Crippen molar-refractivity contribution in [3.05, 3.63) is 24.2 Å². The molecule has 0 spiro atoms. The molecule has 148 valence electrons. The largest absolute Gasteiger partial charge is 0.508 e. The zero-order valence-electron chi connectivity index (χ0n) is 16.4. The zero-order chi connectivity index (χ0) is 19.7. The predicted molar refractivity (Wildman–Crippen MR) is 100 cm³/mol. The number of anilines is 1. The van der Waals surface area contributed by atoms with Gasteiger partial charge < -0.3 is 19.9 Å². The Bertz CT molecular complexity index is 814. The van der Waals surface area contributed by atoms with E-state index < -0.39 is 11.8 Å². The van der Waals surface area contributed by atoms with E-state index in [0.717, 1.165) is 30.5 Å². The Labute approximate surface area is 159 Å². The van der Waals surface area contributed by atoms with Crippen LogP contribution in [0.15, 0.2) is 18.5 Å². The van der Waals surface area contributed by atoms with Crippen molar-refractivity contribution in [3.63, 3.8) is 0 Å². The lowest BCUT2D eigenvalue weighted by molar-refractivity contribution is -0.0768. The molecule has 1 saturated heterocycles. The molecule has 0 aliphatic carbocycles. The number of ether oxygens (including phenoxy) is 3. The Morgan fingerprint density at radius 1 is 1.41 bits per heavy atom. The Morgan fingerprint density at radius 3 is 2.93 bits per heavy atom. The predicted octanol–water partition coefficient (Wildman–Crippen LogP) is 3.51. The van der Waals surface area contributed by atoms with E-state index in [2.05, 4.69) is 30.9 Å². The van der Waals surface area contributed by atoms with E-state index in [1.165, 1.54) is 6.33 Å². The lowest BCUT2D eigenvalue weighted by atomic mass is 9.93. The van der Waals surface area contributed by atoms with Crippen LogP contribution < -0.4 is 5.73 Å². The molecule has 0 radical (unpaired) electrons. The molecule has 2 aromatic rings. The summed E-state index contributed by atoms with van der Waals surface area (Å²) >= 11 is 0. The lowest BCUT2D eigenvalue weighted by Gasteiger charge is -2.24. The molecule has 2 atom stereocenters. The number of hydrogen-bond donors (Lipinski definition) is 1. The molecule has 0 bridgehead atoms. The standard InChI is InChI=1S/C19H28N4O4/c1-18(2,3)9-10-25-17(24)26-11-19(4)8-7-15(27-19)13-5-6-14-16(20)21-12-22-23(13)14/h5-6,12,15H,7-11H2,1-4H3,(H2,20,21,22)/t15-,19+/m1/s1. The van der Waals surface area contributed by atoms with Gasteiger partial charge in [0.05, 0.1) is 12.3 Å². The molecule has 27 heavy (non-hydrogen) atoms. The number of nitrogens with zero attached hydrogens (tertiary/aromatic N) is 3. The highest BCUT2D eigenvalue weighted by Gasteiger charge is 2.39. The highest BCUT2D eigenvalue weighted by Crippen LogP contribution is 2.40. The van der Waals surface area contributed by atoms with Crippen molar-refractivity contribution in [2.24, 2.45) is 5.41 Å². The van der Waals surface area contributed by atoms with E-state index >= 15 is 0 Å². The Balaban J connectivity index is 1.55. The van der Waals surface area contributed by atoms with Crippen molar-refractivity contribution < 1.29 is 19.0 Å². The molecule has 3 rings (SSSR count). The average molecular weight is 376 g/mol. The Hall–Kier alpha value is -2.35. The van der Waals surface area contributed by atoms with Crippen LogP contribution in [-0.4, -0.2) is 39.6 Å². The highest BCUT2D eigenvalue weighted by molar-refractivity contribution is 5.65. The summed E-state index contributed by atoms with van der Waals surface area (Å²) in [6.45, 7) is 8.73. The summed E-state index contributed by atoms with van der Waals surface area (Å²) < 4.78 is 18.4. The van der Waals surface area contributed by atoms with Crippen molar-refractivity contribution in [1.29, 1.82) is 0 Å². The molecule has 8 heteroatoms. The highest BCUT2D eigenvalue weighted by atomic mass is 16.7. The van der Waals surface area contributed by atoms with Gasteiger partial charge in [0, 0.05) is 0 Å². The minimum absolute atomic E-state index is 0.112. The van der Waals surface area contributed by atoms with E-state index in [9.17, 15) is 4.79 Å². The smallest absolute Gasteiger partial charge is 0.434 e. The van der Waals surface area contributed by atoms with Crippen LogP contribution in [0.3, 0.4) is 0 Å². The molecular weight excluding hydrogens is 348 g/mol. The van der Waals surface area contributed by atoms with Crippen molar-refractivity contribution >= 4 is 17.5 Å². The van der Waals surface area contributed by atoms with Gasteiger partial charge in [0.25, 0.3) is 0 Å². The van der Waals surface area contributed by atoms with E-state index in [1.54, 1.807) is 4.52 Å². The maximum atomic E-state index is 11.8. The fourth-order valence-corrected chi connectivity index (χ4v) is 3.12. The van der Waals surface area contributed by atoms with Crippen LogP contribution in [0.4, 0.5) is 10.6 Å². The monoisotopic (exact) mass is 376 g/mol. The molecular formula is C19H28N4O4. The SMILES string of the molecule is CC(C)(C)CCOC(=O)OC[C@]1(C)CC[C@H](c2ccc3c(N)ncnn23)O1. The average Bonchev–Trinajstić information content (AvgIpc) is 3.17. The van der Waals surface area contributed by atoms with Crippen LogP contribution in [0.1, 0.15) is 58.8 Å². The van der Waals surface area contributed by atoms with Crippen LogP contribution in [0.2, 0.25) is 0 Å². The molecule has 2 N–H and O–H groups in total. The topological polar surface area (TPSA) is 101 Å². The third-order valence-electron chi connectivity index (χ3n) is 4.77. The van der Waals surface area contributed by atoms with Gasteiger partial charge in [0.15, 0.2) is 5.82 Å². The van der Waals surface area contributed by atoms with E-state index in [1.807, 2.05) is 19.1 Å². The van der Waals surface area contributed by atoms with Gasteiger partial charge in [-0.2, -0.15) is 5.10 Å². The summed E-state index contributed by atoms with van der Waals surface area (Å²) in [5, 5.41) is 4.26. The molecule has 1 aliphatic heterocycles. The zero-order valence-corrected chi connectivity index (χ0v) is 16.4. The van der Waals surface area contributed by atoms with Crippen LogP contribution >= 0.6 is 0 Å². The van der Waals surface area contributed by atoms with Gasteiger partial charge in [-0.1, -0.05) is 20.8 Å². The summed E-state index contributed by atoms with van der Waals surface area (Å²) in [4.78, 5) is 15.8. The van der Waals surface area contributed by atoms with Gasteiger partial charge in [-0.25, -0.2) is 14.3 Å². The summed E-state index contributed by atoms with van der Waals surface area (Å²) in [7, 11) is 0. The second-order valence-corrected chi connectivity index (χ2v) is 8.49. The number of nitrogens with two attached hydrogens (primary N) is 1. The number of carbonyl (C=O) groups excluding carboxylic acids is 1. The maximum absolute atomic E-state index is 11.8. The second kappa shape index (κ2) is 7.34. The first-order chi connectivity index (χ1) is 12.7. The minimum Gasteiger partial charge on any atom is -0.434 e. The molecule has 0 aromatic carbocycles. The summed E-state index contributed by atoms with van der Waals surface area (Å²) in [6, 6.07) is 3.82. The number of aromatic nitrogens is 3. The molecule has 0 unspecified atom stereocenters. The summed E-state index contributed by atoms with van der Waals surface area (Å²) in [5.74, 6) is 0.429. The van der Waals surface area contributed by atoms with E-state index in [-0.39, 0.29) is 18.1 Å². The van der Waals surface area contributed by atoms with Crippen molar-refractivity contribution in [2.75, 3.05) is 18.9 Å². The fourth-order valence-electron chi connectivity index (χ4n) is 3.12. The first-order valence-corrected chi connectivity index (χ1v) is 9.22. The lowest BCUT2D eigenvalue weighted by Crippen LogP contribution is -2.32. The molecule has 2 aromatic heterocycles. The Kier molecular flexibility index (Phi) is 5.28. The number of carbonyl (C=O) groups is 1. The normalized spacial score (nSPS) is 22.9. The van der Waals surface area contributed by atoms with Crippen molar-refractivity contribution in [1.82, 2.24) is 14.6 Å². The first kappa shape index (κ1) is 19.4. The van der Waals surface area contributed by atoms with Gasteiger partial charge in [-0.3, -0.25) is 0 Å². The maximum Gasteiger partial charge on any atom is 0.508 e. The molecule has 0 saturated carbocycles. The van der Waals surface area contributed by atoms with Gasteiger partial charge in [0.2, 0.25) is 0 Å². The van der Waals surface area contributed by atoms with E-state index in [4.69, 9.17) is 19.9 Å². The third-order valence-corrected chi connectivity index (χ3v) is 4.77. The molecule has 1 aliphatic rings. The van der Waals surface area contributed by atoms with Crippen molar-refractivity contribution in [3.8, 4) is 0 Å². The second-order valence-electron chi connectivity index (χ2n) is 8.49. The number of fused-ring (bicyclic) bond motifs is 1. The van der Waals surface area contributed by atoms with E-state index in [0.29, 0.717) is 12.4 Å². The van der Waals surface area contributed by atoms with Gasteiger partial charge in [-0.15, -0.1) is 0 Å². The molecule has 8 nitrogen and oxygen atoms in total. The third kappa shape index (κ3) is 4.68. The quantitative estimate of drug-likeness (QED) is 0.797. The van der Waals surface area contributed by atoms with Gasteiger partial charge in [0.1, 0.15) is 30.2 Å². The number of rotatable bonds is 5. The summed E-state index contributed by atoms with van der Waals surface area (Å²) in [5.41, 5.74) is 7.10. The van der Waals surface area contributed by atoms with Gasteiger partial charge >= 0.3 is 6.16 Å². The number of hydrogen-bond acceptors (Lipinski definition) is 7. The van der Waals surface area contributed by atoms with Crippen LogP contribution in [0.25, 0.3) is 5.52 Å². The summed E-state index contributed by atoms with van der Waals surface area (Å²) in [6.07, 6.45) is 2.98. The van der Waals surface area contributed by atoms with Crippen LogP contribution in [-0.2, 0) is 14.2 Å². The molecule has 3 heterocycles. The molecule has 0 amide bonds. The number of nitrogen functional groups attached to an aromatic ring is 1. The van der Waals surface area contributed by atoms with Gasteiger partial charge in [-0.05, 0) is 43.7 Å². The Morgan fingerprint density at radius 2 is 2.19 bits per heavy atom. The fraction of sp³-hybridized carbons (Fsp3) is 0.632. The van der Waals surface area contributed by atoms with Crippen molar-refractivity contribution in [2.45, 2.75) is 58.7 Å². The van der Waals surface area contributed by atoms with Crippen LogP contribution in [0.5, 0.6) is 0 Å². The minimum atomic E-state index is -0.652.